The zero-order valence-corrected chi connectivity index (χ0v) is 9.96. The molecule has 0 aliphatic carbocycles. The van der Waals surface area contributed by atoms with Crippen LogP contribution in [-0.2, 0) is 4.74 Å². The van der Waals surface area contributed by atoms with E-state index in [-0.39, 0.29) is 6.10 Å². The molecule has 0 saturated carbocycles. The van der Waals surface area contributed by atoms with Crippen molar-refractivity contribution in [2.24, 2.45) is 5.73 Å². The number of nitrogens with two attached hydrogens (primary N) is 1. The molecule has 0 spiro atoms. The maximum atomic E-state index is 5.60. The van der Waals surface area contributed by atoms with Gasteiger partial charge in [-0.3, -0.25) is 0 Å². The van der Waals surface area contributed by atoms with Gasteiger partial charge in [-0.05, 0) is 33.4 Å². The van der Waals surface area contributed by atoms with E-state index >= 15 is 0 Å². The van der Waals surface area contributed by atoms with Crippen LogP contribution in [0.25, 0.3) is 0 Å². The summed E-state index contributed by atoms with van der Waals surface area (Å²) in [5.41, 5.74) is 5.60. The molecule has 0 rings (SSSR count). The molecule has 0 aromatic carbocycles. The summed E-state index contributed by atoms with van der Waals surface area (Å²) in [7, 11) is 2.16. The molecule has 0 aromatic heterocycles. The molecule has 86 valence electrons. The number of hydrogen-bond acceptors (Lipinski definition) is 3. The fourth-order valence-electron chi connectivity index (χ4n) is 1.41. The van der Waals surface area contributed by atoms with Gasteiger partial charge >= 0.3 is 0 Å². The highest BCUT2D eigenvalue weighted by Crippen LogP contribution is 2.00. The molecule has 0 saturated heterocycles. The fourth-order valence-corrected chi connectivity index (χ4v) is 1.41. The Labute approximate surface area is 88.6 Å². The summed E-state index contributed by atoms with van der Waals surface area (Å²) in [6.07, 6.45) is 3.82. The quantitative estimate of drug-likeness (QED) is 0.615. The Balaban J connectivity index is 3.46. The maximum absolute atomic E-state index is 5.60. The van der Waals surface area contributed by atoms with Crippen molar-refractivity contribution in [1.82, 2.24) is 4.90 Å². The lowest BCUT2D eigenvalue weighted by Crippen LogP contribution is -2.30. The van der Waals surface area contributed by atoms with Gasteiger partial charge in [0.1, 0.15) is 0 Å². The largest absolute Gasteiger partial charge is 0.377 e. The normalized spacial score (nSPS) is 13.5. The van der Waals surface area contributed by atoms with Crippen LogP contribution in [0, 0.1) is 0 Å². The van der Waals surface area contributed by atoms with Gasteiger partial charge in [0.2, 0.25) is 0 Å². The molecule has 0 heterocycles. The van der Waals surface area contributed by atoms with Crippen molar-refractivity contribution < 1.29 is 4.74 Å². The van der Waals surface area contributed by atoms with Gasteiger partial charge in [0.25, 0.3) is 0 Å². The highest BCUT2D eigenvalue weighted by Gasteiger charge is 2.07. The third-order valence-corrected chi connectivity index (χ3v) is 2.39. The Morgan fingerprint density at radius 2 is 2.00 bits per heavy atom. The first kappa shape index (κ1) is 13.9. The van der Waals surface area contributed by atoms with Crippen molar-refractivity contribution in [3.05, 3.63) is 0 Å². The van der Waals surface area contributed by atoms with Crippen molar-refractivity contribution in [2.75, 3.05) is 33.3 Å². The van der Waals surface area contributed by atoms with Crippen molar-refractivity contribution in [1.29, 1.82) is 0 Å². The third-order valence-electron chi connectivity index (χ3n) is 2.39. The Kier molecular flexibility index (Phi) is 9.35. The Hall–Kier alpha value is -0.120. The van der Waals surface area contributed by atoms with Gasteiger partial charge in [-0.2, -0.15) is 0 Å². The Bertz CT molecular complexity index is 120. The molecule has 0 aromatic rings. The van der Waals surface area contributed by atoms with Crippen LogP contribution in [0.4, 0.5) is 0 Å². The second-order valence-corrected chi connectivity index (χ2v) is 3.76. The molecular formula is C11H26N2O. The number of nitrogens with zero attached hydrogens (tertiary/aromatic N) is 1. The first-order valence-electron chi connectivity index (χ1n) is 5.74. The minimum Gasteiger partial charge on any atom is -0.377 e. The minimum atomic E-state index is 0.240. The van der Waals surface area contributed by atoms with Gasteiger partial charge in [0.15, 0.2) is 0 Å². The summed E-state index contributed by atoms with van der Waals surface area (Å²) in [5.74, 6) is 0. The number of unbranched alkanes of at least 4 members (excludes halogenated alkanes) is 1. The lowest BCUT2D eigenvalue weighted by molar-refractivity contribution is 0.0563. The van der Waals surface area contributed by atoms with Crippen molar-refractivity contribution in [3.63, 3.8) is 0 Å². The van der Waals surface area contributed by atoms with Gasteiger partial charge in [-0.1, -0.05) is 13.3 Å². The SMILES string of the molecule is CCCCN(C)CCC(CN)OCC. The average molecular weight is 202 g/mol. The summed E-state index contributed by atoms with van der Waals surface area (Å²) in [4.78, 5) is 2.35. The predicted molar refractivity (Wildman–Crippen MR) is 61.5 cm³/mol. The smallest absolute Gasteiger partial charge is 0.0709 e. The van der Waals surface area contributed by atoms with Crippen LogP contribution in [0.15, 0.2) is 0 Å². The molecule has 0 aliphatic rings. The summed E-state index contributed by atoms with van der Waals surface area (Å²) >= 11 is 0. The average Bonchev–Trinajstić information content (AvgIpc) is 2.21. The fraction of sp³-hybridized carbons (Fsp3) is 1.00. The molecule has 3 nitrogen and oxygen atoms in total. The van der Waals surface area contributed by atoms with E-state index in [1.165, 1.54) is 19.4 Å². The minimum absolute atomic E-state index is 0.240. The van der Waals surface area contributed by atoms with Crippen molar-refractivity contribution in [3.8, 4) is 0 Å². The molecule has 1 unspecified atom stereocenters. The molecule has 1 atom stereocenters. The molecule has 0 radical (unpaired) electrons. The van der Waals surface area contributed by atoms with Gasteiger partial charge in [0, 0.05) is 19.7 Å². The van der Waals surface area contributed by atoms with Crippen LogP contribution in [0.3, 0.4) is 0 Å². The third kappa shape index (κ3) is 7.30. The Morgan fingerprint density at radius 3 is 2.50 bits per heavy atom. The van der Waals surface area contributed by atoms with E-state index in [0.717, 1.165) is 19.6 Å². The van der Waals surface area contributed by atoms with Crippen molar-refractivity contribution >= 4 is 0 Å². The van der Waals surface area contributed by atoms with E-state index in [1.807, 2.05) is 6.92 Å². The first-order valence-corrected chi connectivity index (χ1v) is 5.74. The van der Waals surface area contributed by atoms with Gasteiger partial charge < -0.3 is 15.4 Å². The number of hydrogen-bond donors (Lipinski definition) is 1. The Morgan fingerprint density at radius 1 is 1.29 bits per heavy atom. The second-order valence-electron chi connectivity index (χ2n) is 3.76. The number of rotatable bonds is 9. The van der Waals surface area contributed by atoms with Crippen LogP contribution < -0.4 is 5.73 Å². The first-order chi connectivity index (χ1) is 6.74. The summed E-state index contributed by atoms with van der Waals surface area (Å²) in [6, 6.07) is 0. The summed E-state index contributed by atoms with van der Waals surface area (Å²) in [6.45, 7) is 7.90. The van der Waals surface area contributed by atoms with E-state index in [1.54, 1.807) is 0 Å². The number of ether oxygens (including phenoxy) is 1. The van der Waals surface area contributed by atoms with E-state index in [9.17, 15) is 0 Å². The van der Waals surface area contributed by atoms with E-state index < -0.39 is 0 Å². The van der Waals surface area contributed by atoms with Gasteiger partial charge in [-0.25, -0.2) is 0 Å². The zero-order chi connectivity index (χ0) is 10.8. The molecule has 14 heavy (non-hydrogen) atoms. The molecule has 0 amide bonds. The molecule has 0 aliphatic heterocycles. The predicted octanol–water partition coefficient (Wildman–Crippen LogP) is 1.47. The summed E-state index contributed by atoms with van der Waals surface area (Å²) in [5, 5.41) is 0. The molecule has 0 fully saturated rings. The maximum Gasteiger partial charge on any atom is 0.0709 e. The van der Waals surface area contributed by atoms with Crippen LogP contribution in [-0.4, -0.2) is 44.3 Å². The standard InChI is InChI=1S/C11H26N2O/c1-4-6-8-13(3)9-7-11(10-12)14-5-2/h11H,4-10,12H2,1-3H3. The van der Waals surface area contributed by atoms with E-state index in [2.05, 4.69) is 18.9 Å². The van der Waals surface area contributed by atoms with Crippen LogP contribution in [0.2, 0.25) is 0 Å². The zero-order valence-electron chi connectivity index (χ0n) is 9.96. The lowest BCUT2D eigenvalue weighted by Gasteiger charge is -2.20. The molecular weight excluding hydrogens is 176 g/mol. The summed E-state index contributed by atoms with van der Waals surface area (Å²) < 4.78 is 5.49. The molecule has 0 bridgehead atoms. The van der Waals surface area contributed by atoms with Crippen LogP contribution in [0.5, 0.6) is 0 Å². The highest BCUT2D eigenvalue weighted by atomic mass is 16.5. The van der Waals surface area contributed by atoms with E-state index in [0.29, 0.717) is 6.54 Å². The molecule has 2 N–H and O–H groups in total. The lowest BCUT2D eigenvalue weighted by atomic mass is 10.2. The van der Waals surface area contributed by atoms with Gasteiger partial charge in [-0.15, -0.1) is 0 Å². The topological polar surface area (TPSA) is 38.5 Å². The van der Waals surface area contributed by atoms with Crippen LogP contribution >= 0.6 is 0 Å². The van der Waals surface area contributed by atoms with E-state index in [4.69, 9.17) is 10.5 Å². The monoisotopic (exact) mass is 202 g/mol. The highest BCUT2D eigenvalue weighted by molar-refractivity contribution is 4.61. The molecule has 3 heteroatoms. The second kappa shape index (κ2) is 9.44. The van der Waals surface area contributed by atoms with Crippen molar-refractivity contribution in [2.45, 2.75) is 39.2 Å². The van der Waals surface area contributed by atoms with Crippen LogP contribution in [0.1, 0.15) is 33.1 Å². The van der Waals surface area contributed by atoms with Gasteiger partial charge in [0.05, 0.1) is 6.10 Å².